The number of likely N-dealkylation sites (N-methyl/N-ethyl adjacent to an activating group) is 1. The van der Waals surface area contributed by atoms with Gasteiger partial charge in [-0.2, -0.15) is 0 Å². The van der Waals surface area contributed by atoms with Crippen molar-refractivity contribution in [3.05, 3.63) is 30.1 Å². The Morgan fingerprint density at radius 3 is 2.61 bits per heavy atom. The van der Waals surface area contributed by atoms with Gasteiger partial charge in [0.15, 0.2) is 0 Å². The van der Waals surface area contributed by atoms with Crippen molar-refractivity contribution < 1.29 is 0 Å². The number of pyridine rings is 1. The van der Waals surface area contributed by atoms with Crippen molar-refractivity contribution in [2.45, 2.75) is 13.5 Å². The van der Waals surface area contributed by atoms with Crippen LogP contribution in [-0.4, -0.2) is 60.6 Å². The van der Waals surface area contributed by atoms with Crippen LogP contribution in [0.15, 0.2) is 24.4 Å². The zero-order valence-corrected chi connectivity index (χ0v) is 11.3. The number of hydrogen-bond acceptors (Lipinski definition) is 4. The highest BCUT2D eigenvalue weighted by Crippen LogP contribution is 2.00. The fourth-order valence-electron chi connectivity index (χ4n) is 2.29. The van der Waals surface area contributed by atoms with Crippen molar-refractivity contribution in [1.82, 2.24) is 20.1 Å². The van der Waals surface area contributed by atoms with Crippen molar-refractivity contribution in [1.29, 1.82) is 0 Å². The summed E-state index contributed by atoms with van der Waals surface area (Å²) in [6, 6.07) is 6.05. The van der Waals surface area contributed by atoms with Crippen molar-refractivity contribution in [3.8, 4) is 0 Å². The topological polar surface area (TPSA) is 31.4 Å². The van der Waals surface area contributed by atoms with Crippen LogP contribution < -0.4 is 5.32 Å². The van der Waals surface area contributed by atoms with Crippen LogP contribution in [0.4, 0.5) is 0 Å². The molecule has 4 heteroatoms. The molecule has 1 aliphatic heterocycles. The van der Waals surface area contributed by atoms with E-state index in [9.17, 15) is 0 Å². The van der Waals surface area contributed by atoms with Gasteiger partial charge in [-0.25, -0.2) is 0 Å². The lowest BCUT2D eigenvalue weighted by Crippen LogP contribution is -2.47. The molecule has 0 atom stereocenters. The number of piperazine rings is 1. The summed E-state index contributed by atoms with van der Waals surface area (Å²) in [5.74, 6) is 0. The highest BCUT2D eigenvalue weighted by molar-refractivity contribution is 5.02. The van der Waals surface area contributed by atoms with Crippen LogP contribution in [-0.2, 0) is 6.54 Å². The lowest BCUT2D eigenvalue weighted by atomic mass is 10.3. The first-order chi connectivity index (χ1) is 8.88. The molecule has 4 nitrogen and oxygen atoms in total. The number of nitrogens with one attached hydrogen (secondary N) is 1. The van der Waals surface area contributed by atoms with Gasteiger partial charge < -0.3 is 10.2 Å². The molecular weight excluding hydrogens is 224 g/mol. The van der Waals surface area contributed by atoms with Crippen LogP contribution in [0.25, 0.3) is 0 Å². The quantitative estimate of drug-likeness (QED) is 0.755. The summed E-state index contributed by atoms with van der Waals surface area (Å²) in [6.07, 6.45) is 1.85. The van der Waals surface area contributed by atoms with Gasteiger partial charge in [0.1, 0.15) is 0 Å². The fraction of sp³-hybridized carbons (Fsp3) is 0.643. The molecule has 2 rings (SSSR count). The summed E-state index contributed by atoms with van der Waals surface area (Å²) in [6.45, 7) is 11.3. The van der Waals surface area contributed by atoms with Gasteiger partial charge >= 0.3 is 0 Å². The third-order valence-electron chi connectivity index (χ3n) is 3.55. The van der Waals surface area contributed by atoms with Crippen molar-refractivity contribution in [3.63, 3.8) is 0 Å². The second-order valence-corrected chi connectivity index (χ2v) is 4.77. The third kappa shape index (κ3) is 4.37. The number of aromatic nitrogens is 1. The van der Waals surface area contributed by atoms with E-state index in [1.165, 1.54) is 32.7 Å². The molecule has 1 aliphatic rings. The van der Waals surface area contributed by atoms with Gasteiger partial charge in [-0.05, 0) is 18.7 Å². The molecule has 0 spiro atoms. The zero-order chi connectivity index (χ0) is 12.6. The largest absolute Gasteiger partial charge is 0.310 e. The van der Waals surface area contributed by atoms with Crippen molar-refractivity contribution in [2.75, 3.05) is 45.8 Å². The summed E-state index contributed by atoms with van der Waals surface area (Å²) in [7, 11) is 0. The maximum atomic E-state index is 4.30. The molecule has 0 aliphatic carbocycles. The van der Waals surface area contributed by atoms with Gasteiger partial charge in [0, 0.05) is 52.0 Å². The normalized spacial score (nSPS) is 18.1. The Morgan fingerprint density at radius 1 is 1.17 bits per heavy atom. The van der Waals surface area contributed by atoms with E-state index in [0.717, 1.165) is 25.3 Å². The Bertz CT molecular complexity index is 320. The highest BCUT2D eigenvalue weighted by atomic mass is 15.3. The summed E-state index contributed by atoms with van der Waals surface area (Å²) in [5.41, 5.74) is 1.12. The van der Waals surface area contributed by atoms with E-state index in [1.807, 2.05) is 18.3 Å². The predicted molar refractivity (Wildman–Crippen MR) is 74.5 cm³/mol. The SMILES string of the molecule is CCN1CCN(CCNCc2ccccn2)CC1. The average molecular weight is 248 g/mol. The summed E-state index contributed by atoms with van der Waals surface area (Å²) in [5, 5.41) is 3.46. The van der Waals surface area contributed by atoms with Crippen LogP contribution in [0, 0.1) is 0 Å². The van der Waals surface area contributed by atoms with Gasteiger partial charge in [-0.3, -0.25) is 9.88 Å². The number of nitrogens with zero attached hydrogens (tertiary/aromatic N) is 3. The molecule has 18 heavy (non-hydrogen) atoms. The minimum absolute atomic E-state index is 0.871. The molecule has 1 saturated heterocycles. The zero-order valence-electron chi connectivity index (χ0n) is 11.3. The third-order valence-corrected chi connectivity index (χ3v) is 3.55. The monoisotopic (exact) mass is 248 g/mol. The Kier molecular flexibility index (Phi) is 5.58. The van der Waals surface area contributed by atoms with Gasteiger partial charge in [0.2, 0.25) is 0 Å². The molecular formula is C14H24N4. The Balaban J connectivity index is 1.56. The van der Waals surface area contributed by atoms with E-state index in [-0.39, 0.29) is 0 Å². The number of hydrogen-bond donors (Lipinski definition) is 1. The highest BCUT2D eigenvalue weighted by Gasteiger charge is 2.14. The van der Waals surface area contributed by atoms with E-state index >= 15 is 0 Å². The molecule has 0 amide bonds. The van der Waals surface area contributed by atoms with Crippen LogP contribution in [0.3, 0.4) is 0 Å². The molecule has 1 N–H and O–H groups in total. The van der Waals surface area contributed by atoms with Gasteiger partial charge in [0.05, 0.1) is 5.69 Å². The van der Waals surface area contributed by atoms with Gasteiger partial charge in [-0.1, -0.05) is 13.0 Å². The second-order valence-electron chi connectivity index (χ2n) is 4.77. The first kappa shape index (κ1) is 13.5. The molecule has 0 radical (unpaired) electrons. The van der Waals surface area contributed by atoms with Crippen LogP contribution in [0.1, 0.15) is 12.6 Å². The van der Waals surface area contributed by atoms with Crippen molar-refractivity contribution >= 4 is 0 Å². The first-order valence-electron chi connectivity index (χ1n) is 6.94. The molecule has 2 heterocycles. The average Bonchev–Trinajstić information content (AvgIpc) is 2.45. The van der Waals surface area contributed by atoms with Crippen LogP contribution >= 0.6 is 0 Å². The first-order valence-corrected chi connectivity index (χ1v) is 6.94. The molecule has 0 saturated carbocycles. The van der Waals surface area contributed by atoms with Crippen LogP contribution in [0.2, 0.25) is 0 Å². The van der Waals surface area contributed by atoms with E-state index < -0.39 is 0 Å². The maximum Gasteiger partial charge on any atom is 0.0541 e. The fourth-order valence-corrected chi connectivity index (χ4v) is 2.29. The van der Waals surface area contributed by atoms with Gasteiger partial charge in [0.25, 0.3) is 0 Å². The Hall–Kier alpha value is -0.970. The van der Waals surface area contributed by atoms with Crippen LogP contribution in [0.5, 0.6) is 0 Å². The maximum absolute atomic E-state index is 4.30. The molecule has 0 bridgehead atoms. The van der Waals surface area contributed by atoms with Gasteiger partial charge in [-0.15, -0.1) is 0 Å². The second kappa shape index (κ2) is 7.46. The minimum atomic E-state index is 0.871. The van der Waals surface area contributed by atoms with E-state index in [4.69, 9.17) is 0 Å². The van der Waals surface area contributed by atoms with E-state index in [2.05, 4.69) is 33.1 Å². The predicted octanol–water partition coefficient (Wildman–Crippen LogP) is 0.809. The Morgan fingerprint density at radius 2 is 1.94 bits per heavy atom. The molecule has 1 aromatic heterocycles. The lowest BCUT2D eigenvalue weighted by molar-refractivity contribution is 0.138. The summed E-state index contributed by atoms with van der Waals surface area (Å²) in [4.78, 5) is 9.35. The van der Waals surface area contributed by atoms with Crippen molar-refractivity contribution in [2.24, 2.45) is 0 Å². The molecule has 1 aromatic rings. The standard InChI is InChI=1S/C14H24N4/c1-2-17-9-11-18(12-10-17)8-7-15-13-14-5-3-4-6-16-14/h3-6,15H,2,7-13H2,1H3. The molecule has 100 valence electrons. The summed E-state index contributed by atoms with van der Waals surface area (Å²) < 4.78 is 0. The summed E-state index contributed by atoms with van der Waals surface area (Å²) >= 11 is 0. The molecule has 0 aromatic carbocycles. The Labute approximate surface area is 110 Å². The van der Waals surface area contributed by atoms with E-state index in [0.29, 0.717) is 0 Å². The molecule has 0 unspecified atom stereocenters. The minimum Gasteiger partial charge on any atom is -0.310 e. The lowest BCUT2D eigenvalue weighted by Gasteiger charge is -2.33. The van der Waals surface area contributed by atoms with E-state index in [1.54, 1.807) is 0 Å². The number of rotatable bonds is 6. The molecule has 1 fully saturated rings. The smallest absolute Gasteiger partial charge is 0.0541 e.